The minimum Gasteiger partial charge on any atom is -0.481 e. The van der Waals surface area contributed by atoms with Crippen LogP contribution in [0, 0.1) is 11.3 Å². The molecule has 1 amide bonds. The van der Waals surface area contributed by atoms with Gasteiger partial charge in [0.25, 0.3) is 0 Å². The van der Waals surface area contributed by atoms with Crippen LogP contribution in [0.1, 0.15) is 46.5 Å². The van der Waals surface area contributed by atoms with Crippen LogP contribution in [0.4, 0.5) is 0 Å². The predicted octanol–water partition coefficient (Wildman–Crippen LogP) is 2.14. The van der Waals surface area contributed by atoms with Gasteiger partial charge in [0.15, 0.2) is 0 Å². The van der Waals surface area contributed by atoms with Crippen LogP contribution in [-0.2, 0) is 9.59 Å². The maximum atomic E-state index is 11.9. The second kappa shape index (κ2) is 5.52. The topological polar surface area (TPSA) is 57.6 Å². The molecule has 0 aliphatic carbocycles. The van der Waals surface area contributed by atoms with E-state index in [0.29, 0.717) is 31.8 Å². The molecule has 0 aromatic heterocycles. The maximum Gasteiger partial charge on any atom is 0.311 e. The molecular weight excluding hydrogens is 218 g/mol. The van der Waals surface area contributed by atoms with Crippen LogP contribution in [0.3, 0.4) is 0 Å². The first-order chi connectivity index (χ1) is 7.85. The standard InChI is InChI=1S/C13H23NO3/c1-10(2)5-6-11(15)14-8-4-7-13(3,9-14)12(16)17/h10H,4-9H2,1-3H3,(H,16,17). The zero-order valence-corrected chi connectivity index (χ0v) is 11.0. The average Bonchev–Trinajstić information content (AvgIpc) is 2.25. The SMILES string of the molecule is CC(C)CCC(=O)N1CCCC(C)(C(=O)O)C1. The molecular formula is C13H23NO3. The first-order valence-electron chi connectivity index (χ1n) is 6.36. The number of nitrogens with zero attached hydrogens (tertiary/aromatic N) is 1. The highest BCUT2D eigenvalue weighted by Crippen LogP contribution is 2.30. The predicted molar refractivity (Wildman–Crippen MR) is 65.6 cm³/mol. The van der Waals surface area contributed by atoms with Crippen molar-refractivity contribution >= 4 is 11.9 Å². The van der Waals surface area contributed by atoms with E-state index in [9.17, 15) is 14.7 Å². The summed E-state index contributed by atoms with van der Waals surface area (Å²) in [5.41, 5.74) is -0.758. The number of rotatable bonds is 4. The molecule has 1 rings (SSSR count). The molecule has 0 radical (unpaired) electrons. The molecule has 1 atom stereocenters. The van der Waals surface area contributed by atoms with Gasteiger partial charge in [0.1, 0.15) is 0 Å². The molecule has 1 aliphatic heterocycles. The van der Waals surface area contributed by atoms with Crippen LogP contribution >= 0.6 is 0 Å². The van der Waals surface area contributed by atoms with Crippen LogP contribution in [0.5, 0.6) is 0 Å². The summed E-state index contributed by atoms with van der Waals surface area (Å²) in [6, 6.07) is 0. The quantitative estimate of drug-likeness (QED) is 0.820. The Balaban J connectivity index is 2.54. The van der Waals surface area contributed by atoms with E-state index in [0.717, 1.165) is 12.8 Å². The number of piperidine rings is 1. The minimum atomic E-state index is -0.793. The lowest BCUT2D eigenvalue weighted by atomic mass is 9.82. The van der Waals surface area contributed by atoms with Crippen molar-refractivity contribution in [3.8, 4) is 0 Å². The van der Waals surface area contributed by atoms with Crippen molar-refractivity contribution in [2.75, 3.05) is 13.1 Å². The molecule has 0 spiro atoms. The van der Waals surface area contributed by atoms with E-state index < -0.39 is 11.4 Å². The average molecular weight is 241 g/mol. The lowest BCUT2D eigenvalue weighted by molar-refractivity contribution is -0.153. The van der Waals surface area contributed by atoms with Crippen molar-refractivity contribution in [1.29, 1.82) is 0 Å². The van der Waals surface area contributed by atoms with Crippen molar-refractivity contribution in [1.82, 2.24) is 4.90 Å². The summed E-state index contributed by atoms with van der Waals surface area (Å²) in [6.45, 7) is 6.98. The number of carboxylic acid groups (broad SMARTS) is 1. The maximum absolute atomic E-state index is 11.9. The zero-order valence-electron chi connectivity index (χ0n) is 11.0. The fraction of sp³-hybridized carbons (Fsp3) is 0.846. The highest BCUT2D eigenvalue weighted by atomic mass is 16.4. The summed E-state index contributed by atoms with van der Waals surface area (Å²) in [7, 11) is 0. The summed E-state index contributed by atoms with van der Waals surface area (Å²) >= 11 is 0. The van der Waals surface area contributed by atoms with Crippen LogP contribution in [-0.4, -0.2) is 35.0 Å². The fourth-order valence-electron chi connectivity index (χ4n) is 2.20. The Morgan fingerprint density at radius 2 is 2.06 bits per heavy atom. The second-order valence-corrected chi connectivity index (χ2v) is 5.72. The van der Waals surface area contributed by atoms with Gasteiger partial charge in [0.05, 0.1) is 5.41 Å². The first kappa shape index (κ1) is 14.0. The van der Waals surface area contributed by atoms with Crippen molar-refractivity contribution in [2.24, 2.45) is 11.3 Å². The number of hydrogen-bond donors (Lipinski definition) is 1. The highest BCUT2D eigenvalue weighted by Gasteiger charge is 2.39. The number of aliphatic carboxylic acids is 1. The van der Waals surface area contributed by atoms with Gasteiger partial charge in [0, 0.05) is 19.5 Å². The molecule has 1 saturated heterocycles. The van der Waals surface area contributed by atoms with E-state index in [-0.39, 0.29) is 5.91 Å². The second-order valence-electron chi connectivity index (χ2n) is 5.72. The van der Waals surface area contributed by atoms with Crippen LogP contribution < -0.4 is 0 Å². The minimum absolute atomic E-state index is 0.103. The lowest BCUT2D eigenvalue weighted by Gasteiger charge is -2.37. The largest absolute Gasteiger partial charge is 0.481 e. The fourth-order valence-corrected chi connectivity index (χ4v) is 2.20. The Morgan fingerprint density at radius 1 is 1.41 bits per heavy atom. The summed E-state index contributed by atoms with van der Waals surface area (Å²) < 4.78 is 0. The van der Waals surface area contributed by atoms with Crippen molar-refractivity contribution in [3.63, 3.8) is 0 Å². The summed E-state index contributed by atoms with van der Waals surface area (Å²) in [6.07, 6.45) is 2.86. The molecule has 4 heteroatoms. The molecule has 1 aliphatic rings. The number of carbonyl (C=O) groups is 2. The van der Waals surface area contributed by atoms with Crippen molar-refractivity contribution < 1.29 is 14.7 Å². The van der Waals surface area contributed by atoms with Gasteiger partial charge in [-0.3, -0.25) is 9.59 Å². The Kier molecular flexibility index (Phi) is 4.54. The van der Waals surface area contributed by atoms with Gasteiger partial charge in [-0.25, -0.2) is 0 Å². The third-order valence-electron chi connectivity index (χ3n) is 3.50. The van der Waals surface area contributed by atoms with Crippen LogP contribution in [0.25, 0.3) is 0 Å². The van der Waals surface area contributed by atoms with Gasteiger partial charge in [-0.1, -0.05) is 13.8 Å². The van der Waals surface area contributed by atoms with Gasteiger partial charge in [-0.15, -0.1) is 0 Å². The lowest BCUT2D eigenvalue weighted by Crippen LogP contribution is -2.48. The molecule has 4 nitrogen and oxygen atoms in total. The Labute approximate surface area is 103 Å². The van der Waals surface area contributed by atoms with E-state index in [1.807, 2.05) is 0 Å². The summed E-state index contributed by atoms with van der Waals surface area (Å²) in [4.78, 5) is 24.8. The van der Waals surface area contributed by atoms with Gasteiger partial charge in [-0.05, 0) is 32.1 Å². The third kappa shape index (κ3) is 3.72. The normalized spacial score (nSPS) is 25.1. The summed E-state index contributed by atoms with van der Waals surface area (Å²) in [5.74, 6) is -0.181. The van der Waals surface area contributed by atoms with Crippen LogP contribution in [0.2, 0.25) is 0 Å². The van der Waals surface area contributed by atoms with Crippen molar-refractivity contribution in [2.45, 2.75) is 46.5 Å². The highest BCUT2D eigenvalue weighted by molar-refractivity contribution is 5.79. The van der Waals surface area contributed by atoms with Crippen molar-refractivity contribution in [3.05, 3.63) is 0 Å². The first-order valence-corrected chi connectivity index (χ1v) is 6.36. The van der Waals surface area contributed by atoms with Gasteiger partial charge >= 0.3 is 5.97 Å². The summed E-state index contributed by atoms with van der Waals surface area (Å²) in [5, 5.41) is 9.18. The molecule has 1 unspecified atom stereocenters. The molecule has 0 bridgehead atoms. The molecule has 1 heterocycles. The smallest absolute Gasteiger partial charge is 0.311 e. The van der Waals surface area contributed by atoms with Gasteiger partial charge in [0.2, 0.25) is 5.91 Å². The molecule has 0 aromatic carbocycles. The third-order valence-corrected chi connectivity index (χ3v) is 3.50. The Morgan fingerprint density at radius 3 is 2.59 bits per heavy atom. The Bertz CT molecular complexity index is 301. The number of amides is 1. The molecule has 0 saturated carbocycles. The van der Waals surface area contributed by atoms with E-state index >= 15 is 0 Å². The Hall–Kier alpha value is -1.06. The zero-order chi connectivity index (χ0) is 13.1. The number of likely N-dealkylation sites (tertiary alicyclic amines) is 1. The number of carbonyl (C=O) groups excluding carboxylic acids is 1. The molecule has 17 heavy (non-hydrogen) atoms. The molecule has 0 aromatic rings. The van der Waals surface area contributed by atoms with Gasteiger partial charge in [-0.2, -0.15) is 0 Å². The molecule has 1 N–H and O–H groups in total. The monoisotopic (exact) mass is 241 g/mol. The van der Waals surface area contributed by atoms with E-state index in [4.69, 9.17) is 0 Å². The number of carboxylic acids is 1. The van der Waals surface area contributed by atoms with E-state index in [1.165, 1.54) is 0 Å². The number of hydrogen-bond acceptors (Lipinski definition) is 2. The van der Waals surface area contributed by atoms with E-state index in [2.05, 4.69) is 13.8 Å². The molecule has 1 fully saturated rings. The van der Waals surface area contributed by atoms with Gasteiger partial charge < -0.3 is 10.0 Å². The van der Waals surface area contributed by atoms with Crippen LogP contribution in [0.15, 0.2) is 0 Å². The molecule has 98 valence electrons. The van der Waals surface area contributed by atoms with E-state index in [1.54, 1.807) is 11.8 Å².